The first-order valence-corrected chi connectivity index (χ1v) is 11.9. The van der Waals surface area contributed by atoms with Crippen molar-refractivity contribution in [3.8, 4) is 11.6 Å². The van der Waals surface area contributed by atoms with Crippen LogP contribution in [0.25, 0.3) is 5.82 Å². The van der Waals surface area contributed by atoms with Crippen LogP contribution in [0.1, 0.15) is 41.9 Å². The number of imidazole rings is 1. The van der Waals surface area contributed by atoms with Crippen LogP contribution in [-0.2, 0) is 6.54 Å². The Kier molecular flexibility index (Phi) is 6.69. The molecule has 0 amide bonds. The minimum atomic E-state index is -0.611. The second-order valence-corrected chi connectivity index (χ2v) is 9.25. The first-order valence-electron chi connectivity index (χ1n) is 11.9. The highest BCUT2D eigenvalue weighted by atomic mass is 19.1. The van der Waals surface area contributed by atoms with E-state index in [0.717, 1.165) is 50.7 Å². The second kappa shape index (κ2) is 10.0. The molecule has 1 aromatic carbocycles. The molecular formula is C26H32FN5O. The van der Waals surface area contributed by atoms with Crippen molar-refractivity contribution >= 4 is 0 Å². The number of likely N-dealkylation sites (tertiary alicyclic amines) is 1. The molecule has 3 aromatic rings. The summed E-state index contributed by atoms with van der Waals surface area (Å²) >= 11 is 0. The summed E-state index contributed by atoms with van der Waals surface area (Å²) in [6.07, 6.45) is 9.10. The topological polar surface area (TPSA) is 46.4 Å². The zero-order valence-electron chi connectivity index (χ0n) is 19.2. The number of rotatable bonds is 7. The van der Waals surface area contributed by atoms with E-state index in [1.165, 1.54) is 16.7 Å². The first kappa shape index (κ1) is 22.0. The average molecular weight is 450 g/mol. The van der Waals surface area contributed by atoms with E-state index in [2.05, 4.69) is 57.1 Å². The lowest BCUT2D eigenvalue weighted by atomic mass is 9.85. The van der Waals surface area contributed by atoms with Gasteiger partial charge in [-0.15, -0.1) is 0 Å². The fourth-order valence-electron chi connectivity index (χ4n) is 4.95. The molecular weight excluding hydrogens is 417 g/mol. The third kappa shape index (κ3) is 5.25. The van der Waals surface area contributed by atoms with Crippen LogP contribution < -0.4 is 4.74 Å². The fourth-order valence-corrected chi connectivity index (χ4v) is 4.95. The maximum atomic E-state index is 13.3. The summed E-state index contributed by atoms with van der Waals surface area (Å²) < 4.78 is 21.3. The lowest BCUT2D eigenvalue weighted by molar-refractivity contribution is 0.143. The van der Waals surface area contributed by atoms with Crippen LogP contribution in [0.5, 0.6) is 5.75 Å². The van der Waals surface area contributed by atoms with Gasteiger partial charge in [-0.1, -0.05) is 12.1 Å². The maximum absolute atomic E-state index is 13.3. The van der Waals surface area contributed by atoms with Crippen molar-refractivity contribution in [1.29, 1.82) is 0 Å². The van der Waals surface area contributed by atoms with Gasteiger partial charge in [-0.3, -0.25) is 4.57 Å². The highest BCUT2D eigenvalue weighted by Gasteiger charge is 2.25. The van der Waals surface area contributed by atoms with Crippen LogP contribution in [0.15, 0.2) is 55.2 Å². The second-order valence-electron chi connectivity index (χ2n) is 9.25. The molecule has 5 rings (SSSR count). The molecule has 0 radical (unpaired) electrons. The molecule has 1 unspecified atom stereocenters. The van der Waals surface area contributed by atoms with E-state index in [4.69, 9.17) is 4.74 Å². The molecule has 0 saturated carbocycles. The number of halogens is 1. The van der Waals surface area contributed by atoms with Gasteiger partial charge >= 0.3 is 0 Å². The standard InChI is InChI=1S/C26H32FN5O/c1-30-17-21-15-23(33-14-2-10-31-11-7-22(27)8-12-31)4-5-24(21)25(18-30)20-3-6-26(29-16-20)32-13-9-28-19-32/h3-6,9,13,15-16,19,22,25H,2,7-8,10-12,14,17-18H2,1H3. The van der Waals surface area contributed by atoms with Gasteiger partial charge in [0.15, 0.2) is 0 Å². The monoisotopic (exact) mass is 449 g/mol. The molecule has 1 fully saturated rings. The summed E-state index contributed by atoms with van der Waals surface area (Å²) in [5.74, 6) is 2.09. The summed E-state index contributed by atoms with van der Waals surface area (Å²) in [6, 6.07) is 10.7. The Bertz CT molecular complexity index is 1030. The molecule has 1 atom stereocenters. The Morgan fingerprint density at radius 1 is 1.15 bits per heavy atom. The molecule has 2 aliphatic rings. The number of fused-ring (bicyclic) bond motifs is 1. The Morgan fingerprint density at radius 3 is 2.79 bits per heavy atom. The van der Waals surface area contributed by atoms with Gasteiger partial charge in [0.2, 0.25) is 0 Å². The van der Waals surface area contributed by atoms with Gasteiger partial charge in [0.25, 0.3) is 0 Å². The molecule has 4 heterocycles. The summed E-state index contributed by atoms with van der Waals surface area (Å²) in [5, 5.41) is 0. The summed E-state index contributed by atoms with van der Waals surface area (Å²) in [6.45, 7) is 5.28. The summed E-state index contributed by atoms with van der Waals surface area (Å²) in [7, 11) is 2.16. The lowest BCUT2D eigenvalue weighted by Gasteiger charge is -2.33. The van der Waals surface area contributed by atoms with Gasteiger partial charge in [0.05, 0.1) is 6.61 Å². The van der Waals surface area contributed by atoms with E-state index in [1.54, 1.807) is 12.5 Å². The zero-order valence-corrected chi connectivity index (χ0v) is 19.2. The lowest BCUT2D eigenvalue weighted by Crippen LogP contribution is -2.35. The highest BCUT2D eigenvalue weighted by molar-refractivity contribution is 5.44. The van der Waals surface area contributed by atoms with Gasteiger partial charge < -0.3 is 14.5 Å². The van der Waals surface area contributed by atoms with Crippen molar-refractivity contribution in [2.45, 2.75) is 37.9 Å². The van der Waals surface area contributed by atoms with Gasteiger partial charge in [0.1, 0.15) is 24.1 Å². The van der Waals surface area contributed by atoms with Gasteiger partial charge in [-0.25, -0.2) is 14.4 Å². The van der Waals surface area contributed by atoms with Crippen LogP contribution in [0.4, 0.5) is 4.39 Å². The zero-order chi connectivity index (χ0) is 22.6. The SMILES string of the molecule is CN1Cc2cc(OCCCN3CCC(F)CC3)ccc2C(c2ccc(-n3ccnc3)nc2)C1. The van der Waals surface area contributed by atoms with E-state index in [1.807, 2.05) is 17.0 Å². The van der Waals surface area contributed by atoms with Crippen molar-refractivity contribution < 1.29 is 9.13 Å². The quantitative estimate of drug-likeness (QED) is 0.510. The van der Waals surface area contributed by atoms with Crippen molar-refractivity contribution in [1.82, 2.24) is 24.3 Å². The van der Waals surface area contributed by atoms with Crippen molar-refractivity contribution in [2.24, 2.45) is 0 Å². The number of nitrogens with zero attached hydrogens (tertiary/aromatic N) is 5. The molecule has 7 heteroatoms. The van der Waals surface area contributed by atoms with Gasteiger partial charge in [0, 0.05) is 57.2 Å². The molecule has 2 aliphatic heterocycles. The minimum absolute atomic E-state index is 0.288. The molecule has 0 spiro atoms. The smallest absolute Gasteiger partial charge is 0.137 e. The van der Waals surface area contributed by atoms with Crippen LogP contribution in [-0.4, -0.2) is 70.3 Å². The molecule has 2 aromatic heterocycles. The van der Waals surface area contributed by atoms with Crippen LogP contribution >= 0.6 is 0 Å². The number of aromatic nitrogens is 3. The molecule has 174 valence electrons. The van der Waals surface area contributed by atoms with Crippen molar-refractivity contribution in [3.63, 3.8) is 0 Å². The summed E-state index contributed by atoms with van der Waals surface area (Å²) in [4.78, 5) is 13.5. The number of ether oxygens (including phenoxy) is 1. The summed E-state index contributed by atoms with van der Waals surface area (Å²) in [5.41, 5.74) is 3.89. The molecule has 0 N–H and O–H groups in total. The van der Waals surface area contributed by atoms with Crippen molar-refractivity contribution in [2.75, 3.05) is 39.8 Å². The van der Waals surface area contributed by atoms with E-state index >= 15 is 0 Å². The van der Waals surface area contributed by atoms with E-state index in [0.29, 0.717) is 19.4 Å². The van der Waals surface area contributed by atoms with E-state index < -0.39 is 6.17 Å². The fraction of sp³-hybridized carbons (Fsp3) is 0.462. The Hall–Kier alpha value is -2.77. The maximum Gasteiger partial charge on any atom is 0.137 e. The van der Waals surface area contributed by atoms with Crippen LogP contribution in [0, 0.1) is 0 Å². The number of hydrogen-bond acceptors (Lipinski definition) is 5. The molecule has 1 saturated heterocycles. The number of benzene rings is 1. The molecule has 0 aliphatic carbocycles. The third-order valence-electron chi connectivity index (χ3n) is 6.77. The third-order valence-corrected chi connectivity index (χ3v) is 6.77. The number of hydrogen-bond donors (Lipinski definition) is 0. The largest absolute Gasteiger partial charge is 0.494 e. The van der Waals surface area contributed by atoms with Crippen LogP contribution in [0.2, 0.25) is 0 Å². The normalized spacial score (nSPS) is 20.0. The Morgan fingerprint density at radius 2 is 2.03 bits per heavy atom. The predicted octanol–water partition coefficient (Wildman–Crippen LogP) is 4.05. The van der Waals surface area contributed by atoms with Crippen molar-refractivity contribution in [3.05, 3.63) is 71.9 Å². The van der Waals surface area contributed by atoms with Gasteiger partial charge in [-0.2, -0.15) is 0 Å². The number of likely N-dealkylation sites (N-methyl/N-ethyl adjacent to an activating group) is 1. The Balaban J connectivity index is 1.22. The number of piperidine rings is 1. The number of pyridine rings is 1. The van der Waals surface area contributed by atoms with E-state index in [9.17, 15) is 4.39 Å². The van der Waals surface area contributed by atoms with E-state index in [-0.39, 0.29) is 5.92 Å². The predicted molar refractivity (Wildman–Crippen MR) is 127 cm³/mol. The first-order chi connectivity index (χ1) is 16.2. The average Bonchev–Trinajstić information content (AvgIpc) is 3.37. The van der Waals surface area contributed by atoms with Crippen LogP contribution in [0.3, 0.4) is 0 Å². The molecule has 33 heavy (non-hydrogen) atoms. The molecule has 6 nitrogen and oxygen atoms in total. The molecule has 0 bridgehead atoms. The Labute approximate surface area is 195 Å². The number of alkyl halides is 1. The van der Waals surface area contributed by atoms with Gasteiger partial charge in [-0.05, 0) is 61.2 Å². The minimum Gasteiger partial charge on any atom is -0.494 e. The highest BCUT2D eigenvalue weighted by Crippen LogP contribution is 2.35.